The SMILES string of the molecule is C[Si](C)(C)C(F)C(=O)O. The highest BCUT2D eigenvalue weighted by molar-refractivity contribution is 6.80. The van der Waals surface area contributed by atoms with Crippen molar-refractivity contribution in [1.82, 2.24) is 0 Å². The molecule has 0 fully saturated rings. The fourth-order valence-electron chi connectivity index (χ4n) is 0.370. The molecule has 1 atom stereocenters. The van der Waals surface area contributed by atoms with E-state index in [0.717, 1.165) is 0 Å². The molecule has 54 valence electrons. The van der Waals surface area contributed by atoms with Gasteiger partial charge in [-0.15, -0.1) is 0 Å². The predicted molar refractivity (Wildman–Crippen MR) is 35.9 cm³/mol. The van der Waals surface area contributed by atoms with Crippen LogP contribution < -0.4 is 0 Å². The highest BCUT2D eigenvalue weighted by Crippen LogP contribution is 2.10. The maximum absolute atomic E-state index is 12.5. The Kier molecular flexibility index (Phi) is 2.37. The summed E-state index contributed by atoms with van der Waals surface area (Å²) in [7, 11) is -2.09. The van der Waals surface area contributed by atoms with Crippen LogP contribution in [0.3, 0.4) is 0 Å². The Labute approximate surface area is 54.7 Å². The summed E-state index contributed by atoms with van der Waals surface area (Å²) in [6.45, 7) is 5.06. The van der Waals surface area contributed by atoms with Crippen LogP contribution in [-0.2, 0) is 4.79 Å². The largest absolute Gasteiger partial charge is 0.479 e. The van der Waals surface area contributed by atoms with Crippen LogP contribution in [0.5, 0.6) is 0 Å². The third-order valence-electron chi connectivity index (χ3n) is 0.977. The molecule has 0 aromatic carbocycles. The number of rotatable bonds is 2. The maximum Gasteiger partial charge on any atom is 0.334 e. The fourth-order valence-corrected chi connectivity index (χ4v) is 1.11. The summed E-state index contributed by atoms with van der Waals surface area (Å²) in [4.78, 5) is 10.0. The molecular weight excluding hydrogens is 139 g/mol. The Morgan fingerprint density at radius 1 is 1.56 bits per heavy atom. The van der Waals surface area contributed by atoms with Gasteiger partial charge in [-0.1, -0.05) is 19.6 Å². The summed E-state index contributed by atoms with van der Waals surface area (Å²) >= 11 is 0. The minimum Gasteiger partial charge on any atom is -0.479 e. The molecule has 0 amide bonds. The van der Waals surface area contributed by atoms with E-state index in [2.05, 4.69) is 0 Å². The van der Waals surface area contributed by atoms with Crippen molar-refractivity contribution in [2.24, 2.45) is 0 Å². The van der Waals surface area contributed by atoms with Crippen molar-refractivity contribution in [1.29, 1.82) is 0 Å². The first kappa shape index (κ1) is 8.62. The molecule has 0 aromatic rings. The van der Waals surface area contributed by atoms with Crippen molar-refractivity contribution >= 4 is 14.0 Å². The molecule has 0 aliphatic carbocycles. The molecule has 0 spiro atoms. The maximum atomic E-state index is 12.5. The number of alkyl halides is 1. The average Bonchev–Trinajstić information content (AvgIpc) is 1.62. The number of carboxylic acids is 1. The fraction of sp³-hybridized carbons (Fsp3) is 0.800. The molecule has 0 rings (SSSR count). The number of carboxylic acid groups (broad SMARTS) is 1. The number of hydrogen-bond donors (Lipinski definition) is 1. The molecule has 0 bridgehead atoms. The highest BCUT2D eigenvalue weighted by Gasteiger charge is 2.32. The molecule has 1 unspecified atom stereocenters. The van der Waals surface area contributed by atoms with E-state index in [1.165, 1.54) is 0 Å². The second kappa shape index (κ2) is 2.47. The van der Waals surface area contributed by atoms with Crippen LogP contribution in [0.25, 0.3) is 0 Å². The van der Waals surface area contributed by atoms with Crippen LogP contribution in [0.4, 0.5) is 4.39 Å². The van der Waals surface area contributed by atoms with Gasteiger partial charge < -0.3 is 5.11 Å². The molecule has 4 heteroatoms. The minimum atomic E-state index is -2.09. The lowest BCUT2D eigenvalue weighted by Gasteiger charge is -2.16. The topological polar surface area (TPSA) is 37.3 Å². The van der Waals surface area contributed by atoms with Crippen LogP contribution in [0.1, 0.15) is 0 Å². The minimum absolute atomic E-state index is 1.32. The molecule has 9 heavy (non-hydrogen) atoms. The molecule has 0 aliphatic heterocycles. The van der Waals surface area contributed by atoms with Gasteiger partial charge in [-0.05, 0) is 0 Å². The molecular formula is C5H11FO2Si. The zero-order valence-corrected chi connectivity index (χ0v) is 6.81. The van der Waals surface area contributed by atoms with Gasteiger partial charge in [0.2, 0.25) is 0 Å². The summed E-state index contributed by atoms with van der Waals surface area (Å²) in [5.74, 6) is -2.95. The lowest BCUT2D eigenvalue weighted by atomic mass is 10.8. The average molecular weight is 150 g/mol. The quantitative estimate of drug-likeness (QED) is 0.602. The lowest BCUT2D eigenvalue weighted by molar-refractivity contribution is -0.140. The standard InChI is InChI=1S/C5H11FO2Si/c1-9(2,3)4(6)5(7)8/h4H,1-3H3,(H,7,8). The smallest absolute Gasteiger partial charge is 0.334 e. The molecule has 0 saturated carbocycles. The third-order valence-corrected chi connectivity index (χ3v) is 2.74. The number of halogens is 1. The molecule has 0 aliphatic rings. The Hall–Kier alpha value is -0.383. The van der Waals surface area contributed by atoms with Crippen molar-refractivity contribution in [3.8, 4) is 0 Å². The summed E-state index contributed by atoms with van der Waals surface area (Å²) in [6, 6.07) is 0. The summed E-state index contributed by atoms with van der Waals surface area (Å²) in [5, 5.41) is 8.18. The molecule has 0 saturated heterocycles. The second-order valence-corrected chi connectivity index (χ2v) is 8.31. The van der Waals surface area contributed by atoms with Crippen molar-refractivity contribution in [3.63, 3.8) is 0 Å². The van der Waals surface area contributed by atoms with Gasteiger partial charge in [0.15, 0.2) is 5.79 Å². The van der Waals surface area contributed by atoms with E-state index in [1.54, 1.807) is 19.6 Å². The molecule has 0 radical (unpaired) electrons. The number of aliphatic carboxylic acids is 1. The number of carbonyl (C=O) groups is 1. The van der Waals surface area contributed by atoms with Gasteiger partial charge in [0.25, 0.3) is 0 Å². The monoisotopic (exact) mass is 150 g/mol. The zero-order chi connectivity index (χ0) is 7.65. The van der Waals surface area contributed by atoms with E-state index in [0.29, 0.717) is 0 Å². The van der Waals surface area contributed by atoms with Gasteiger partial charge in [0.05, 0.1) is 8.07 Å². The van der Waals surface area contributed by atoms with Crippen molar-refractivity contribution in [2.75, 3.05) is 0 Å². The van der Waals surface area contributed by atoms with Gasteiger partial charge in [-0.25, -0.2) is 9.18 Å². The van der Waals surface area contributed by atoms with E-state index in [4.69, 9.17) is 5.11 Å². The summed E-state index contributed by atoms with van der Waals surface area (Å²) in [6.07, 6.45) is 0. The Morgan fingerprint density at radius 3 is 1.89 bits per heavy atom. The van der Waals surface area contributed by atoms with E-state index in [1.807, 2.05) is 0 Å². The van der Waals surface area contributed by atoms with Crippen molar-refractivity contribution in [3.05, 3.63) is 0 Å². The summed E-state index contributed by atoms with van der Waals surface area (Å²) < 4.78 is 12.5. The van der Waals surface area contributed by atoms with Gasteiger partial charge >= 0.3 is 5.97 Å². The third kappa shape index (κ3) is 2.60. The molecule has 2 nitrogen and oxygen atoms in total. The van der Waals surface area contributed by atoms with Crippen molar-refractivity contribution in [2.45, 2.75) is 25.4 Å². The Balaban J connectivity index is 4.04. The van der Waals surface area contributed by atoms with E-state index >= 15 is 0 Å². The lowest BCUT2D eigenvalue weighted by Crippen LogP contribution is -2.40. The highest BCUT2D eigenvalue weighted by atomic mass is 28.3. The van der Waals surface area contributed by atoms with Gasteiger partial charge in [-0.2, -0.15) is 0 Å². The van der Waals surface area contributed by atoms with Crippen LogP contribution >= 0.6 is 0 Å². The second-order valence-electron chi connectivity index (χ2n) is 3.07. The molecule has 1 N–H and O–H groups in total. The van der Waals surface area contributed by atoms with Gasteiger partial charge in [0.1, 0.15) is 0 Å². The van der Waals surface area contributed by atoms with Crippen molar-refractivity contribution < 1.29 is 14.3 Å². The first-order valence-electron chi connectivity index (χ1n) is 2.72. The van der Waals surface area contributed by atoms with Crippen LogP contribution in [0.15, 0.2) is 0 Å². The van der Waals surface area contributed by atoms with E-state index in [9.17, 15) is 9.18 Å². The van der Waals surface area contributed by atoms with Crippen LogP contribution in [0.2, 0.25) is 19.6 Å². The van der Waals surface area contributed by atoms with Gasteiger partial charge in [0, 0.05) is 0 Å². The normalized spacial score (nSPS) is 15.1. The Morgan fingerprint density at radius 2 is 1.89 bits per heavy atom. The Bertz CT molecular complexity index is 119. The summed E-state index contributed by atoms with van der Waals surface area (Å²) in [5.41, 5.74) is 0. The van der Waals surface area contributed by atoms with E-state index in [-0.39, 0.29) is 0 Å². The first-order chi connectivity index (χ1) is 3.85. The molecule has 0 heterocycles. The van der Waals surface area contributed by atoms with Crippen LogP contribution in [0, 0.1) is 0 Å². The van der Waals surface area contributed by atoms with E-state index < -0.39 is 19.8 Å². The predicted octanol–water partition coefficient (Wildman–Crippen LogP) is 1.29. The molecule has 0 aromatic heterocycles. The zero-order valence-electron chi connectivity index (χ0n) is 5.81. The van der Waals surface area contributed by atoms with Crippen LogP contribution in [-0.4, -0.2) is 24.9 Å². The first-order valence-corrected chi connectivity index (χ1v) is 6.30. The van der Waals surface area contributed by atoms with Gasteiger partial charge in [-0.3, -0.25) is 0 Å². The number of hydrogen-bond acceptors (Lipinski definition) is 1.